The number of carbonyl (C=O) groups excluding carboxylic acids is 1. The first-order valence-electron chi connectivity index (χ1n) is 8.58. The molecule has 0 spiro atoms. The van der Waals surface area contributed by atoms with Crippen molar-refractivity contribution in [1.82, 2.24) is 10.2 Å². The van der Waals surface area contributed by atoms with Crippen LogP contribution in [0.25, 0.3) is 0 Å². The van der Waals surface area contributed by atoms with E-state index < -0.39 is 6.10 Å². The average Bonchev–Trinajstić information content (AvgIpc) is 2.53. The van der Waals surface area contributed by atoms with Crippen LogP contribution in [0.4, 0.5) is 4.79 Å². The lowest BCUT2D eigenvalue weighted by Crippen LogP contribution is -2.41. The van der Waals surface area contributed by atoms with Crippen LogP contribution in [-0.4, -0.2) is 79.4 Å². The van der Waals surface area contributed by atoms with Gasteiger partial charge in [0.25, 0.3) is 0 Å². The van der Waals surface area contributed by atoms with Gasteiger partial charge in [-0.3, -0.25) is 0 Å². The summed E-state index contributed by atoms with van der Waals surface area (Å²) in [6.45, 7) is 7.58. The normalized spacial score (nSPS) is 21.7. The quantitative estimate of drug-likeness (QED) is 0.542. The van der Waals surface area contributed by atoms with Crippen molar-refractivity contribution < 1.29 is 24.5 Å². The van der Waals surface area contributed by atoms with Crippen LogP contribution in [0.3, 0.4) is 0 Å². The Kier molecular flexibility index (Phi) is 10.2. The van der Waals surface area contributed by atoms with Crippen molar-refractivity contribution in [2.75, 3.05) is 46.0 Å². The van der Waals surface area contributed by atoms with E-state index in [1.165, 1.54) is 6.42 Å². The molecule has 0 aliphatic carbocycles. The van der Waals surface area contributed by atoms with Crippen LogP contribution in [0.5, 0.6) is 0 Å². The highest BCUT2D eigenvalue weighted by Crippen LogP contribution is 2.21. The zero-order chi connectivity index (χ0) is 17.1. The molecule has 0 saturated carbocycles. The third kappa shape index (κ3) is 9.10. The fourth-order valence-corrected chi connectivity index (χ4v) is 2.91. The Morgan fingerprint density at radius 2 is 2.26 bits per heavy atom. The van der Waals surface area contributed by atoms with Crippen LogP contribution in [-0.2, 0) is 9.47 Å². The molecule has 0 aromatic heterocycles. The minimum Gasteiger partial charge on any atom is -0.450 e. The fraction of sp³-hybridized carbons (Fsp3) is 0.938. The Labute approximate surface area is 138 Å². The summed E-state index contributed by atoms with van der Waals surface area (Å²) in [5, 5.41) is 20.8. The molecular weight excluding hydrogens is 300 g/mol. The average molecular weight is 332 g/mol. The molecule has 3 unspecified atom stereocenters. The summed E-state index contributed by atoms with van der Waals surface area (Å²) < 4.78 is 10.4. The molecule has 7 nitrogen and oxygen atoms in total. The van der Waals surface area contributed by atoms with Crippen molar-refractivity contribution in [2.24, 2.45) is 5.92 Å². The molecule has 3 N–H and O–H groups in total. The predicted molar refractivity (Wildman–Crippen MR) is 87.3 cm³/mol. The van der Waals surface area contributed by atoms with Gasteiger partial charge in [0.1, 0.15) is 6.10 Å². The van der Waals surface area contributed by atoms with Crippen molar-refractivity contribution >= 4 is 6.09 Å². The zero-order valence-corrected chi connectivity index (χ0v) is 14.4. The first kappa shape index (κ1) is 20.2. The van der Waals surface area contributed by atoms with Crippen LogP contribution < -0.4 is 5.32 Å². The van der Waals surface area contributed by atoms with E-state index in [0.29, 0.717) is 19.1 Å². The SMILES string of the molecule is CCOC(=O)NCCN1CCCC(CC(C)OCC(O)CO)C1. The second kappa shape index (κ2) is 11.6. The van der Waals surface area contributed by atoms with Crippen LogP contribution in [0.1, 0.15) is 33.1 Å². The number of piperidine rings is 1. The summed E-state index contributed by atoms with van der Waals surface area (Å²) in [5.41, 5.74) is 0. The number of nitrogens with zero attached hydrogens (tertiary/aromatic N) is 1. The Balaban J connectivity index is 2.19. The number of amides is 1. The number of aliphatic hydroxyl groups is 2. The summed E-state index contributed by atoms with van der Waals surface area (Å²) in [6.07, 6.45) is 2.19. The lowest BCUT2D eigenvalue weighted by molar-refractivity contribution is -0.0326. The van der Waals surface area contributed by atoms with Gasteiger partial charge in [-0.2, -0.15) is 0 Å². The van der Waals surface area contributed by atoms with Crippen LogP contribution in [0.2, 0.25) is 0 Å². The monoisotopic (exact) mass is 332 g/mol. The molecule has 136 valence electrons. The molecule has 1 amide bonds. The number of carbonyl (C=O) groups is 1. The van der Waals surface area contributed by atoms with Gasteiger partial charge in [-0.1, -0.05) is 0 Å². The van der Waals surface area contributed by atoms with E-state index >= 15 is 0 Å². The molecule has 0 radical (unpaired) electrons. The summed E-state index contributed by atoms with van der Waals surface area (Å²) >= 11 is 0. The Morgan fingerprint density at radius 3 is 2.96 bits per heavy atom. The van der Waals surface area contributed by atoms with Gasteiger partial charge in [-0.15, -0.1) is 0 Å². The van der Waals surface area contributed by atoms with Gasteiger partial charge in [-0.25, -0.2) is 4.79 Å². The third-order valence-corrected chi connectivity index (χ3v) is 4.03. The summed E-state index contributed by atoms with van der Waals surface area (Å²) in [7, 11) is 0. The van der Waals surface area contributed by atoms with Gasteiger partial charge in [0.2, 0.25) is 0 Å². The highest BCUT2D eigenvalue weighted by atomic mass is 16.5. The van der Waals surface area contributed by atoms with Crippen molar-refractivity contribution in [1.29, 1.82) is 0 Å². The molecular formula is C16H32N2O5. The molecule has 0 aromatic carbocycles. The first-order valence-corrected chi connectivity index (χ1v) is 8.58. The van der Waals surface area contributed by atoms with Gasteiger partial charge in [0, 0.05) is 19.6 Å². The maximum Gasteiger partial charge on any atom is 0.407 e. The molecule has 7 heteroatoms. The lowest BCUT2D eigenvalue weighted by Gasteiger charge is -2.34. The van der Waals surface area contributed by atoms with E-state index in [9.17, 15) is 9.90 Å². The van der Waals surface area contributed by atoms with Crippen LogP contribution >= 0.6 is 0 Å². The van der Waals surface area contributed by atoms with E-state index in [2.05, 4.69) is 10.2 Å². The second-order valence-electron chi connectivity index (χ2n) is 6.17. The van der Waals surface area contributed by atoms with E-state index in [-0.39, 0.29) is 25.4 Å². The molecule has 1 saturated heterocycles. The number of ether oxygens (including phenoxy) is 2. The van der Waals surface area contributed by atoms with Crippen LogP contribution in [0.15, 0.2) is 0 Å². The Hall–Kier alpha value is -0.890. The number of hydrogen-bond acceptors (Lipinski definition) is 6. The van der Waals surface area contributed by atoms with Gasteiger partial charge in [-0.05, 0) is 45.6 Å². The van der Waals surface area contributed by atoms with E-state index in [4.69, 9.17) is 14.6 Å². The maximum atomic E-state index is 11.2. The molecule has 1 aliphatic heterocycles. The molecule has 3 atom stereocenters. The van der Waals surface area contributed by atoms with Crippen molar-refractivity contribution in [3.05, 3.63) is 0 Å². The topological polar surface area (TPSA) is 91.3 Å². The highest BCUT2D eigenvalue weighted by Gasteiger charge is 2.22. The summed E-state index contributed by atoms with van der Waals surface area (Å²) in [5.74, 6) is 0.563. The third-order valence-electron chi connectivity index (χ3n) is 4.03. The first-order chi connectivity index (χ1) is 11.0. The highest BCUT2D eigenvalue weighted by molar-refractivity contribution is 5.66. The van der Waals surface area contributed by atoms with E-state index in [0.717, 1.165) is 32.5 Å². The molecule has 23 heavy (non-hydrogen) atoms. The van der Waals surface area contributed by atoms with Gasteiger partial charge in [0.15, 0.2) is 0 Å². The van der Waals surface area contributed by atoms with E-state index in [1.54, 1.807) is 6.92 Å². The number of aliphatic hydroxyl groups excluding tert-OH is 2. The minimum absolute atomic E-state index is 0.0683. The fourth-order valence-electron chi connectivity index (χ4n) is 2.91. The smallest absolute Gasteiger partial charge is 0.407 e. The maximum absolute atomic E-state index is 11.2. The molecule has 1 rings (SSSR count). The zero-order valence-electron chi connectivity index (χ0n) is 14.4. The number of likely N-dealkylation sites (tertiary alicyclic amines) is 1. The summed E-state index contributed by atoms with van der Waals surface area (Å²) in [4.78, 5) is 13.6. The van der Waals surface area contributed by atoms with Crippen molar-refractivity contribution in [2.45, 2.75) is 45.3 Å². The van der Waals surface area contributed by atoms with Gasteiger partial charge in [0.05, 0.1) is 25.9 Å². The van der Waals surface area contributed by atoms with Crippen molar-refractivity contribution in [3.8, 4) is 0 Å². The van der Waals surface area contributed by atoms with Gasteiger partial charge < -0.3 is 29.9 Å². The standard InChI is InChI=1S/C16H32N2O5/c1-3-22-16(21)17-6-8-18-7-4-5-14(10-18)9-13(2)23-12-15(20)11-19/h13-15,19-20H,3-12H2,1-2H3,(H,17,21). The largest absolute Gasteiger partial charge is 0.450 e. The lowest BCUT2D eigenvalue weighted by atomic mass is 9.92. The number of rotatable bonds is 10. The molecule has 1 fully saturated rings. The van der Waals surface area contributed by atoms with Crippen molar-refractivity contribution in [3.63, 3.8) is 0 Å². The number of alkyl carbamates (subject to hydrolysis) is 1. The minimum atomic E-state index is -0.797. The van der Waals surface area contributed by atoms with E-state index in [1.807, 2.05) is 6.92 Å². The number of hydrogen-bond donors (Lipinski definition) is 3. The molecule has 1 heterocycles. The second-order valence-corrected chi connectivity index (χ2v) is 6.17. The van der Waals surface area contributed by atoms with Gasteiger partial charge >= 0.3 is 6.09 Å². The number of nitrogens with one attached hydrogen (secondary N) is 1. The summed E-state index contributed by atoms with van der Waals surface area (Å²) in [6, 6.07) is 0. The molecule has 1 aliphatic rings. The molecule has 0 bridgehead atoms. The Bertz CT molecular complexity index is 330. The molecule has 0 aromatic rings. The predicted octanol–water partition coefficient (Wildman–Crippen LogP) is 0.593. The van der Waals surface area contributed by atoms with Crippen LogP contribution in [0, 0.1) is 5.92 Å². The Morgan fingerprint density at radius 1 is 1.48 bits per heavy atom.